The molecule has 18 heavy (non-hydrogen) atoms. The molecule has 0 aliphatic carbocycles. The van der Waals surface area contributed by atoms with Gasteiger partial charge in [-0.3, -0.25) is 4.79 Å². The van der Waals surface area contributed by atoms with Crippen LogP contribution < -0.4 is 5.32 Å². The summed E-state index contributed by atoms with van der Waals surface area (Å²) in [6, 6.07) is 1.51. The number of carbonyl (C=O) groups is 2. The van der Waals surface area contributed by atoms with Crippen LogP contribution in [-0.2, 0) is 11.3 Å². The highest BCUT2D eigenvalue weighted by Gasteiger charge is 2.16. The van der Waals surface area contributed by atoms with Crippen molar-refractivity contribution < 1.29 is 14.7 Å². The van der Waals surface area contributed by atoms with E-state index < -0.39 is 5.97 Å². The fourth-order valence-corrected chi connectivity index (χ4v) is 2.25. The molecule has 0 aliphatic heterocycles. The van der Waals surface area contributed by atoms with E-state index in [0.29, 0.717) is 5.00 Å². The van der Waals surface area contributed by atoms with Crippen LogP contribution in [0.25, 0.3) is 0 Å². The molecule has 0 radical (unpaired) electrons. The predicted molar refractivity (Wildman–Crippen MR) is 62.5 cm³/mol. The van der Waals surface area contributed by atoms with Gasteiger partial charge in [0.15, 0.2) is 0 Å². The Morgan fingerprint density at radius 1 is 1.56 bits per heavy atom. The molecule has 0 aromatic carbocycles. The van der Waals surface area contributed by atoms with E-state index in [2.05, 4.69) is 20.8 Å². The van der Waals surface area contributed by atoms with Crippen molar-refractivity contribution in [2.24, 2.45) is 0 Å². The molecule has 2 aromatic heterocycles. The maximum Gasteiger partial charge on any atom is 0.338 e. The molecule has 0 saturated heterocycles. The Morgan fingerprint density at radius 3 is 2.94 bits per heavy atom. The minimum absolute atomic E-state index is 0.0665. The largest absolute Gasteiger partial charge is 0.478 e. The average Bonchev–Trinajstić information content (AvgIpc) is 2.88. The zero-order valence-corrected chi connectivity index (χ0v) is 10.1. The van der Waals surface area contributed by atoms with E-state index in [1.54, 1.807) is 6.92 Å². The number of carbonyl (C=O) groups excluding carboxylic acids is 1. The van der Waals surface area contributed by atoms with Crippen LogP contribution in [0.15, 0.2) is 12.4 Å². The second-order valence-electron chi connectivity index (χ2n) is 3.46. The minimum Gasteiger partial charge on any atom is -0.478 e. The number of hydrogen-bond donors (Lipinski definition) is 2. The molecule has 0 atom stereocenters. The highest BCUT2D eigenvalue weighted by atomic mass is 32.1. The number of rotatable bonds is 4. The first-order valence-electron chi connectivity index (χ1n) is 4.90. The monoisotopic (exact) mass is 267 g/mol. The van der Waals surface area contributed by atoms with Gasteiger partial charge >= 0.3 is 5.97 Å². The van der Waals surface area contributed by atoms with Gasteiger partial charge in [-0.15, -0.1) is 16.4 Å². The first kappa shape index (κ1) is 12.2. The highest BCUT2D eigenvalue weighted by molar-refractivity contribution is 7.16. The number of thiophene rings is 1. The lowest BCUT2D eigenvalue weighted by atomic mass is 10.3. The summed E-state index contributed by atoms with van der Waals surface area (Å²) >= 11 is 1.21. The number of tetrazole rings is 1. The summed E-state index contributed by atoms with van der Waals surface area (Å²) in [6.07, 6.45) is 1.30. The van der Waals surface area contributed by atoms with E-state index in [1.165, 1.54) is 28.4 Å². The Balaban J connectivity index is 2.09. The lowest BCUT2D eigenvalue weighted by Gasteiger charge is -2.03. The quantitative estimate of drug-likeness (QED) is 0.828. The fourth-order valence-electron chi connectivity index (χ4n) is 1.33. The van der Waals surface area contributed by atoms with Crippen LogP contribution in [0.3, 0.4) is 0 Å². The molecule has 0 aliphatic rings. The molecule has 0 saturated carbocycles. The summed E-state index contributed by atoms with van der Waals surface area (Å²) in [5, 5.41) is 22.1. The van der Waals surface area contributed by atoms with Crippen LogP contribution in [0.1, 0.15) is 15.2 Å². The number of carboxylic acids is 1. The molecule has 94 valence electrons. The maximum atomic E-state index is 11.7. The van der Waals surface area contributed by atoms with Crippen molar-refractivity contribution in [2.45, 2.75) is 13.5 Å². The van der Waals surface area contributed by atoms with Crippen molar-refractivity contribution in [3.05, 3.63) is 22.8 Å². The van der Waals surface area contributed by atoms with Crippen molar-refractivity contribution in [1.29, 1.82) is 0 Å². The number of nitrogens with zero attached hydrogens (tertiary/aromatic N) is 4. The van der Waals surface area contributed by atoms with Crippen molar-refractivity contribution in [3.63, 3.8) is 0 Å². The third-order valence-electron chi connectivity index (χ3n) is 2.04. The third-order valence-corrected chi connectivity index (χ3v) is 3.00. The van der Waals surface area contributed by atoms with Crippen molar-refractivity contribution in [1.82, 2.24) is 20.2 Å². The van der Waals surface area contributed by atoms with E-state index in [0.717, 1.165) is 4.88 Å². The maximum absolute atomic E-state index is 11.7. The molecule has 1 amide bonds. The van der Waals surface area contributed by atoms with Crippen LogP contribution in [0.4, 0.5) is 5.00 Å². The predicted octanol–water partition coefficient (Wildman–Crippen LogP) is 0.380. The smallest absolute Gasteiger partial charge is 0.338 e. The van der Waals surface area contributed by atoms with Crippen LogP contribution in [0.5, 0.6) is 0 Å². The van der Waals surface area contributed by atoms with Gasteiger partial charge < -0.3 is 10.4 Å². The van der Waals surface area contributed by atoms with Crippen LogP contribution in [0, 0.1) is 6.92 Å². The molecule has 9 heteroatoms. The molecular weight excluding hydrogens is 258 g/mol. The molecule has 2 N–H and O–H groups in total. The summed E-state index contributed by atoms with van der Waals surface area (Å²) in [6.45, 7) is 1.71. The number of aryl methyl sites for hydroxylation is 1. The number of aromatic carboxylic acids is 1. The number of aromatic nitrogens is 4. The Hall–Kier alpha value is -2.29. The molecule has 2 heterocycles. The summed E-state index contributed by atoms with van der Waals surface area (Å²) < 4.78 is 1.25. The van der Waals surface area contributed by atoms with Crippen LogP contribution in [0.2, 0.25) is 0 Å². The summed E-state index contributed by atoms with van der Waals surface area (Å²) in [5.41, 5.74) is 0.0857. The Morgan fingerprint density at radius 2 is 2.33 bits per heavy atom. The van der Waals surface area contributed by atoms with Crippen molar-refractivity contribution in [2.75, 3.05) is 5.32 Å². The molecular formula is C9H9N5O3S. The van der Waals surface area contributed by atoms with Gasteiger partial charge in [0.1, 0.15) is 17.9 Å². The van der Waals surface area contributed by atoms with Gasteiger partial charge in [-0.05, 0) is 23.4 Å². The SMILES string of the molecule is Cc1cc(C(=O)O)c(NC(=O)Cn2cnnn2)s1. The number of amides is 1. The normalized spacial score (nSPS) is 10.3. The number of anilines is 1. The molecule has 2 aromatic rings. The van der Waals surface area contributed by atoms with E-state index in [4.69, 9.17) is 5.11 Å². The number of carboxylic acid groups (broad SMARTS) is 1. The van der Waals surface area contributed by atoms with Gasteiger partial charge in [-0.1, -0.05) is 0 Å². The molecule has 0 unspecified atom stereocenters. The van der Waals surface area contributed by atoms with Crippen LogP contribution >= 0.6 is 11.3 Å². The summed E-state index contributed by atoms with van der Waals surface area (Å²) in [5.74, 6) is -1.45. The lowest BCUT2D eigenvalue weighted by Crippen LogP contribution is -2.19. The van der Waals surface area contributed by atoms with E-state index >= 15 is 0 Å². The van der Waals surface area contributed by atoms with Crippen molar-refractivity contribution >= 4 is 28.2 Å². The fraction of sp³-hybridized carbons (Fsp3) is 0.222. The van der Waals surface area contributed by atoms with E-state index in [1.807, 2.05) is 0 Å². The summed E-state index contributed by atoms with van der Waals surface area (Å²) in [7, 11) is 0. The zero-order chi connectivity index (χ0) is 13.1. The third kappa shape index (κ3) is 2.69. The zero-order valence-electron chi connectivity index (χ0n) is 9.32. The number of hydrogen-bond acceptors (Lipinski definition) is 6. The molecule has 0 spiro atoms. The van der Waals surface area contributed by atoms with Gasteiger partial charge in [0, 0.05) is 4.88 Å². The molecule has 8 nitrogen and oxygen atoms in total. The lowest BCUT2D eigenvalue weighted by molar-refractivity contribution is -0.116. The van der Waals surface area contributed by atoms with Gasteiger partial charge in [-0.2, -0.15) is 0 Å². The van der Waals surface area contributed by atoms with E-state index in [9.17, 15) is 9.59 Å². The van der Waals surface area contributed by atoms with Crippen LogP contribution in [-0.4, -0.2) is 37.2 Å². The Bertz CT molecular complexity index is 577. The standard InChI is InChI=1S/C9H9N5O3S/c1-5-2-6(9(16)17)8(18-5)11-7(15)3-14-4-10-12-13-14/h2,4H,3H2,1H3,(H,11,15)(H,16,17). The summed E-state index contributed by atoms with van der Waals surface area (Å²) in [4.78, 5) is 23.4. The second kappa shape index (κ2) is 4.92. The molecule has 2 rings (SSSR count). The minimum atomic E-state index is -1.07. The second-order valence-corrected chi connectivity index (χ2v) is 4.72. The Labute approximate surface area is 105 Å². The first-order chi connectivity index (χ1) is 8.56. The number of nitrogens with one attached hydrogen (secondary N) is 1. The van der Waals surface area contributed by atoms with Gasteiger partial charge in [0.25, 0.3) is 0 Å². The van der Waals surface area contributed by atoms with Gasteiger partial charge in [-0.25, -0.2) is 9.48 Å². The van der Waals surface area contributed by atoms with Crippen molar-refractivity contribution in [3.8, 4) is 0 Å². The Kier molecular flexibility index (Phi) is 3.33. The first-order valence-corrected chi connectivity index (χ1v) is 5.72. The molecule has 0 bridgehead atoms. The van der Waals surface area contributed by atoms with Gasteiger partial charge in [0.05, 0.1) is 5.56 Å². The van der Waals surface area contributed by atoms with Gasteiger partial charge in [0.2, 0.25) is 5.91 Å². The topological polar surface area (TPSA) is 110 Å². The molecule has 0 fully saturated rings. The highest BCUT2D eigenvalue weighted by Crippen LogP contribution is 2.27. The van der Waals surface area contributed by atoms with E-state index in [-0.39, 0.29) is 18.0 Å². The average molecular weight is 267 g/mol.